The third-order valence-corrected chi connectivity index (χ3v) is 2.37. The van der Waals surface area contributed by atoms with E-state index >= 15 is 0 Å². The van der Waals surface area contributed by atoms with Gasteiger partial charge in [0, 0.05) is 12.3 Å². The van der Waals surface area contributed by atoms with Crippen LogP contribution in [-0.4, -0.2) is 15.5 Å². The van der Waals surface area contributed by atoms with Crippen molar-refractivity contribution < 1.29 is 9.90 Å². The van der Waals surface area contributed by atoms with Crippen LogP contribution in [-0.2, 0) is 0 Å². The first-order chi connectivity index (χ1) is 7.11. The van der Waals surface area contributed by atoms with Crippen molar-refractivity contribution in [1.82, 2.24) is 4.40 Å². The van der Waals surface area contributed by atoms with Crippen LogP contribution in [0.1, 0.15) is 10.4 Å². The van der Waals surface area contributed by atoms with Crippen molar-refractivity contribution >= 4 is 23.1 Å². The van der Waals surface area contributed by atoms with E-state index in [9.17, 15) is 9.59 Å². The van der Waals surface area contributed by atoms with Gasteiger partial charge in [0.1, 0.15) is 0 Å². The molecule has 2 aromatic heterocycles. The Morgan fingerprint density at radius 2 is 2.07 bits per heavy atom. The molecule has 2 aromatic rings. The molecule has 0 aliphatic rings. The third-order valence-electron chi connectivity index (χ3n) is 2.06. The quantitative estimate of drug-likeness (QED) is 0.800. The minimum Gasteiger partial charge on any atom is -0.478 e. The predicted octanol–water partition coefficient (Wildman–Crippen LogP) is 1.65. The Hall–Kier alpha value is -1.81. The highest BCUT2D eigenvalue weighted by atomic mass is 35.5. The van der Waals surface area contributed by atoms with E-state index in [1.165, 1.54) is 22.7 Å². The number of carbonyl (C=O) groups is 1. The second kappa shape index (κ2) is 3.40. The summed E-state index contributed by atoms with van der Waals surface area (Å²) in [5.41, 5.74) is -0.0723. The van der Waals surface area contributed by atoms with E-state index in [4.69, 9.17) is 16.7 Å². The van der Waals surface area contributed by atoms with Gasteiger partial charge in [-0.05, 0) is 18.2 Å². The Morgan fingerprint density at radius 3 is 2.73 bits per heavy atom. The van der Waals surface area contributed by atoms with Crippen molar-refractivity contribution in [2.24, 2.45) is 0 Å². The molecular formula is C10H6ClNO3. The first-order valence-electron chi connectivity index (χ1n) is 4.14. The molecular weight excluding hydrogens is 218 g/mol. The molecule has 76 valence electrons. The molecule has 4 nitrogen and oxygen atoms in total. The fraction of sp³-hybridized carbons (Fsp3) is 0. The maximum Gasteiger partial charge on any atom is 0.337 e. The van der Waals surface area contributed by atoms with Crippen LogP contribution in [0.4, 0.5) is 0 Å². The highest BCUT2D eigenvalue weighted by Gasteiger charge is 2.11. The van der Waals surface area contributed by atoms with E-state index in [2.05, 4.69) is 0 Å². The average molecular weight is 224 g/mol. The van der Waals surface area contributed by atoms with Crippen molar-refractivity contribution in [3.05, 3.63) is 51.4 Å². The molecule has 2 heterocycles. The number of fused-ring (bicyclic) bond motifs is 1. The Kier molecular flexibility index (Phi) is 2.21. The molecule has 0 bridgehead atoms. The maximum atomic E-state index is 11.4. The van der Waals surface area contributed by atoms with E-state index in [1.807, 2.05) is 0 Å². The van der Waals surface area contributed by atoms with Gasteiger partial charge in [0.05, 0.1) is 16.1 Å². The van der Waals surface area contributed by atoms with Gasteiger partial charge < -0.3 is 5.11 Å². The molecule has 0 atom stereocenters. The summed E-state index contributed by atoms with van der Waals surface area (Å²) in [6, 6.07) is 5.59. The van der Waals surface area contributed by atoms with Gasteiger partial charge in [0.25, 0.3) is 5.56 Å². The van der Waals surface area contributed by atoms with Gasteiger partial charge in [-0.15, -0.1) is 0 Å². The molecule has 5 heteroatoms. The summed E-state index contributed by atoms with van der Waals surface area (Å²) < 4.78 is 1.21. The van der Waals surface area contributed by atoms with E-state index in [-0.39, 0.29) is 21.7 Å². The van der Waals surface area contributed by atoms with Crippen LogP contribution >= 0.6 is 11.6 Å². The highest BCUT2D eigenvalue weighted by Crippen LogP contribution is 2.19. The topological polar surface area (TPSA) is 58.8 Å². The summed E-state index contributed by atoms with van der Waals surface area (Å²) in [6.07, 6.45) is 1.48. The first-order valence-corrected chi connectivity index (χ1v) is 4.52. The Morgan fingerprint density at radius 1 is 1.33 bits per heavy atom. The van der Waals surface area contributed by atoms with E-state index < -0.39 is 5.97 Å². The van der Waals surface area contributed by atoms with E-state index in [0.717, 1.165) is 0 Å². The maximum absolute atomic E-state index is 11.4. The molecule has 0 aliphatic heterocycles. The molecule has 0 aliphatic carbocycles. The number of carboxylic acid groups (broad SMARTS) is 1. The van der Waals surface area contributed by atoms with Crippen LogP contribution in [0, 0.1) is 0 Å². The lowest BCUT2D eigenvalue weighted by Crippen LogP contribution is -2.15. The zero-order chi connectivity index (χ0) is 11.0. The van der Waals surface area contributed by atoms with Crippen LogP contribution in [0.3, 0.4) is 0 Å². The summed E-state index contributed by atoms with van der Waals surface area (Å²) in [6.45, 7) is 0. The fourth-order valence-electron chi connectivity index (χ4n) is 1.41. The average Bonchev–Trinajstić information content (AvgIpc) is 2.19. The summed E-state index contributed by atoms with van der Waals surface area (Å²) in [5.74, 6) is -1.11. The summed E-state index contributed by atoms with van der Waals surface area (Å²) >= 11 is 5.86. The van der Waals surface area contributed by atoms with Gasteiger partial charge in [0.2, 0.25) is 0 Å². The largest absolute Gasteiger partial charge is 0.478 e. The number of halogens is 1. The standard InChI is InChI=1S/C10H6ClNO3/c11-7-2-1-5-12-8(13)4-3-6(9(7)12)10(14)15/h1-5H,(H,14,15). The number of hydrogen-bond donors (Lipinski definition) is 1. The smallest absolute Gasteiger partial charge is 0.337 e. The molecule has 15 heavy (non-hydrogen) atoms. The van der Waals surface area contributed by atoms with Gasteiger partial charge in [-0.2, -0.15) is 0 Å². The lowest BCUT2D eigenvalue weighted by atomic mass is 10.2. The summed E-state index contributed by atoms with van der Waals surface area (Å²) in [5, 5.41) is 9.17. The van der Waals surface area contributed by atoms with Crippen molar-refractivity contribution in [3.8, 4) is 0 Å². The number of pyridine rings is 2. The summed E-state index contributed by atoms with van der Waals surface area (Å²) in [7, 11) is 0. The molecule has 0 fully saturated rings. The van der Waals surface area contributed by atoms with Crippen molar-refractivity contribution in [1.29, 1.82) is 0 Å². The fourth-order valence-corrected chi connectivity index (χ4v) is 1.68. The number of nitrogens with zero attached hydrogens (tertiary/aromatic N) is 1. The number of rotatable bonds is 1. The predicted molar refractivity (Wildman–Crippen MR) is 55.6 cm³/mol. The molecule has 0 amide bonds. The van der Waals surface area contributed by atoms with Gasteiger partial charge in [-0.25, -0.2) is 4.79 Å². The zero-order valence-corrected chi connectivity index (χ0v) is 8.23. The van der Waals surface area contributed by atoms with Crippen LogP contribution in [0.2, 0.25) is 5.02 Å². The number of hydrogen-bond acceptors (Lipinski definition) is 2. The molecule has 0 saturated heterocycles. The second-order valence-electron chi connectivity index (χ2n) is 2.97. The minimum absolute atomic E-state index is 0.0141. The van der Waals surface area contributed by atoms with E-state index in [1.54, 1.807) is 12.1 Å². The Labute approximate surface area is 89.3 Å². The van der Waals surface area contributed by atoms with Crippen molar-refractivity contribution in [3.63, 3.8) is 0 Å². The van der Waals surface area contributed by atoms with Gasteiger partial charge >= 0.3 is 5.97 Å². The van der Waals surface area contributed by atoms with Crippen LogP contribution < -0.4 is 5.56 Å². The first kappa shape index (κ1) is 9.73. The SMILES string of the molecule is O=C(O)c1ccc(=O)n2cccc(Cl)c12. The van der Waals surface area contributed by atoms with Gasteiger partial charge in [0.15, 0.2) is 0 Å². The number of aromatic carboxylic acids is 1. The molecule has 0 spiro atoms. The zero-order valence-electron chi connectivity index (χ0n) is 7.48. The highest BCUT2D eigenvalue weighted by molar-refractivity contribution is 6.34. The van der Waals surface area contributed by atoms with Crippen LogP contribution in [0.15, 0.2) is 35.3 Å². The number of aromatic nitrogens is 1. The van der Waals surface area contributed by atoms with E-state index in [0.29, 0.717) is 0 Å². The lowest BCUT2D eigenvalue weighted by molar-refractivity contribution is 0.0698. The van der Waals surface area contributed by atoms with Crippen LogP contribution in [0.5, 0.6) is 0 Å². The van der Waals surface area contributed by atoms with Crippen molar-refractivity contribution in [2.75, 3.05) is 0 Å². The van der Waals surface area contributed by atoms with Gasteiger partial charge in [-0.1, -0.05) is 11.6 Å². The molecule has 0 saturated carbocycles. The second-order valence-corrected chi connectivity index (χ2v) is 3.37. The van der Waals surface area contributed by atoms with Crippen LogP contribution in [0.25, 0.3) is 5.52 Å². The molecule has 0 radical (unpaired) electrons. The Bertz CT molecular complexity index is 603. The monoisotopic (exact) mass is 223 g/mol. The Balaban J connectivity index is 3.03. The number of carboxylic acids is 1. The molecule has 0 aromatic carbocycles. The minimum atomic E-state index is -1.11. The normalized spacial score (nSPS) is 10.5. The molecule has 1 N–H and O–H groups in total. The summed E-state index contributed by atoms with van der Waals surface area (Å²) in [4.78, 5) is 22.3. The third kappa shape index (κ3) is 1.49. The lowest BCUT2D eigenvalue weighted by Gasteiger charge is -2.04. The van der Waals surface area contributed by atoms with Gasteiger partial charge in [-0.3, -0.25) is 9.20 Å². The van der Waals surface area contributed by atoms with Crippen molar-refractivity contribution in [2.45, 2.75) is 0 Å². The molecule has 0 unspecified atom stereocenters. The molecule has 2 rings (SSSR count).